The first-order chi connectivity index (χ1) is 8.94. The van der Waals surface area contributed by atoms with Crippen LogP contribution in [0.15, 0.2) is 57.9 Å². The van der Waals surface area contributed by atoms with E-state index in [9.17, 15) is 9.59 Å². The summed E-state index contributed by atoms with van der Waals surface area (Å²) >= 11 is 9.73. The lowest BCUT2D eigenvalue weighted by atomic mass is 10.1. The van der Waals surface area contributed by atoms with Crippen LogP contribution in [0.4, 0.5) is 0 Å². The minimum atomic E-state index is -1.30. The smallest absolute Gasteiger partial charge is 0.267 e. The number of aromatic nitrogens is 1. The first-order valence-corrected chi connectivity index (χ1v) is 7.68. The Morgan fingerprint density at radius 2 is 1.68 bits per heavy atom. The number of alkyl halides is 2. The van der Waals surface area contributed by atoms with Crippen molar-refractivity contribution < 1.29 is 4.79 Å². The Morgan fingerprint density at radius 3 is 2.32 bits per heavy atom. The Labute approximate surface area is 135 Å². The van der Waals surface area contributed by atoms with E-state index in [4.69, 9.17) is 0 Å². The molecule has 98 valence electrons. The predicted molar refractivity (Wildman–Crippen MR) is 85.0 cm³/mol. The molecule has 19 heavy (non-hydrogen) atoms. The Kier molecular flexibility index (Phi) is 4.43. The van der Waals surface area contributed by atoms with Crippen LogP contribution in [0.25, 0.3) is 0 Å². The third-order valence-corrected chi connectivity index (χ3v) is 4.60. The van der Waals surface area contributed by atoms with Gasteiger partial charge in [-0.15, -0.1) is 0 Å². The molecule has 0 aliphatic heterocycles. The van der Waals surface area contributed by atoms with Gasteiger partial charge in [-0.2, -0.15) is 0 Å². The molecular formula is C13H8Br3NO2. The first-order valence-electron chi connectivity index (χ1n) is 5.30. The lowest BCUT2D eigenvalue weighted by Gasteiger charge is -2.22. The molecule has 1 aromatic heterocycles. The molecule has 0 atom stereocenters. The SMILES string of the molecule is O=C(c1ccccc1)C(Br)(Br)n1cccc(Br)c1=O. The number of carbonyl (C=O) groups is 1. The van der Waals surface area contributed by atoms with Crippen LogP contribution in [0.2, 0.25) is 0 Å². The molecule has 0 amide bonds. The van der Waals surface area contributed by atoms with Gasteiger partial charge in [0.05, 0.1) is 4.47 Å². The van der Waals surface area contributed by atoms with Crippen molar-refractivity contribution >= 4 is 53.6 Å². The van der Waals surface area contributed by atoms with Gasteiger partial charge in [0.25, 0.3) is 5.56 Å². The van der Waals surface area contributed by atoms with Crippen LogP contribution in [-0.4, -0.2) is 10.4 Å². The standard InChI is InChI=1S/C13H8Br3NO2/c14-10-7-4-8-17(12(10)19)13(15,16)11(18)9-5-2-1-3-6-9/h1-8H. The minimum absolute atomic E-state index is 0.256. The van der Waals surface area contributed by atoms with Crippen molar-refractivity contribution in [1.29, 1.82) is 0 Å². The van der Waals surface area contributed by atoms with Crippen molar-refractivity contribution in [2.24, 2.45) is 0 Å². The van der Waals surface area contributed by atoms with Crippen LogP contribution in [0.1, 0.15) is 10.4 Å². The molecule has 0 spiro atoms. The normalized spacial score (nSPS) is 11.3. The van der Waals surface area contributed by atoms with Gasteiger partial charge < -0.3 is 0 Å². The summed E-state index contributed by atoms with van der Waals surface area (Å²) in [5.41, 5.74) is 0.198. The topological polar surface area (TPSA) is 39.1 Å². The van der Waals surface area contributed by atoms with Crippen LogP contribution in [0, 0.1) is 0 Å². The van der Waals surface area contributed by atoms with Gasteiger partial charge in [0.1, 0.15) is 0 Å². The number of ketones is 1. The number of hydrogen-bond donors (Lipinski definition) is 0. The molecule has 1 aromatic carbocycles. The lowest BCUT2D eigenvalue weighted by Crippen LogP contribution is -2.37. The van der Waals surface area contributed by atoms with Crippen molar-refractivity contribution in [3.63, 3.8) is 0 Å². The predicted octanol–water partition coefficient (Wildman–Crippen LogP) is 3.89. The second-order valence-corrected chi connectivity index (χ2v) is 7.98. The molecule has 0 bridgehead atoms. The average molecular weight is 450 g/mol. The molecule has 0 N–H and O–H groups in total. The summed E-state index contributed by atoms with van der Waals surface area (Å²) in [4.78, 5) is 24.5. The van der Waals surface area contributed by atoms with Gasteiger partial charge >= 0.3 is 0 Å². The number of Topliss-reactive ketones (excluding diaryl/α,β-unsaturated/α-hetero) is 1. The van der Waals surface area contributed by atoms with Crippen molar-refractivity contribution in [2.75, 3.05) is 0 Å². The van der Waals surface area contributed by atoms with Crippen LogP contribution in [0.5, 0.6) is 0 Å². The fraction of sp³-hybridized carbons (Fsp3) is 0.0769. The lowest BCUT2D eigenvalue weighted by molar-refractivity contribution is 0.0956. The Morgan fingerprint density at radius 1 is 1.05 bits per heavy atom. The summed E-state index contributed by atoms with van der Waals surface area (Å²) in [5, 5.41) is 0. The molecule has 2 aromatic rings. The van der Waals surface area contributed by atoms with E-state index in [1.807, 2.05) is 6.07 Å². The molecule has 1 heterocycles. The molecular weight excluding hydrogens is 442 g/mol. The summed E-state index contributed by atoms with van der Waals surface area (Å²) < 4.78 is 0.369. The molecule has 0 aliphatic carbocycles. The highest BCUT2D eigenvalue weighted by molar-refractivity contribution is 9.25. The largest absolute Gasteiger partial charge is 0.289 e. The first kappa shape index (κ1) is 14.7. The zero-order valence-corrected chi connectivity index (χ0v) is 14.3. The Hall–Kier alpha value is -0.720. The van der Waals surface area contributed by atoms with E-state index in [1.54, 1.807) is 36.4 Å². The summed E-state index contributed by atoms with van der Waals surface area (Å²) in [5.74, 6) is -0.256. The third kappa shape index (κ3) is 2.90. The second kappa shape index (κ2) is 5.73. The van der Waals surface area contributed by atoms with E-state index >= 15 is 0 Å². The van der Waals surface area contributed by atoms with E-state index in [-0.39, 0.29) is 11.3 Å². The van der Waals surface area contributed by atoms with Crippen molar-refractivity contribution in [3.8, 4) is 0 Å². The van der Waals surface area contributed by atoms with Gasteiger partial charge in [-0.1, -0.05) is 30.3 Å². The van der Waals surface area contributed by atoms with E-state index in [2.05, 4.69) is 47.8 Å². The van der Waals surface area contributed by atoms with Gasteiger partial charge in [-0.3, -0.25) is 14.2 Å². The average Bonchev–Trinajstić information content (AvgIpc) is 2.41. The molecule has 0 unspecified atom stereocenters. The van der Waals surface area contributed by atoms with E-state index in [0.717, 1.165) is 0 Å². The van der Waals surface area contributed by atoms with Gasteiger partial charge in [0, 0.05) is 11.8 Å². The summed E-state index contributed by atoms with van der Waals surface area (Å²) in [6.45, 7) is 0. The zero-order valence-electron chi connectivity index (χ0n) is 9.52. The van der Waals surface area contributed by atoms with Crippen LogP contribution in [-0.2, 0) is 3.36 Å². The fourth-order valence-corrected chi connectivity index (χ4v) is 2.92. The van der Waals surface area contributed by atoms with Crippen LogP contribution < -0.4 is 5.56 Å². The molecule has 0 saturated carbocycles. The number of hydrogen-bond acceptors (Lipinski definition) is 2. The molecule has 0 aliphatic rings. The highest BCUT2D eigenvalue weighted by Crippen LogP contribution is 2.35. The zero-order chi connectivity index (χ0) is 14.0. The van der Waals surface area contributed by atoms with E-state index in [0.29, 0.717) is 10.0 Å². The van der Waals surface area contributed by atoms with Crippen LogP contribution >= 0.6 is 47.8 Å². The number of benzene rings is 1. The third-order valence-electron chi connectivity index (χ3n) is 2.51. The summed E-state index contributed by atoms with van der Waals surface area (Å²) in [6, 6.07) is 12.1. The maximum atomic E-state index is 12.5. The van der Waals surface area contributed by atoms with Crippen LogP contribution in [0.3, 0.4) is 0 Å². The summed E-state index contributed by atoms with van der Waals surface area (Å²) in [6.07, 6.45) is 1.54. The highest BCUT2D eigenvalue weighted by atomic mass is 79.9. The molecule has 0 radical (unpaired) electrons. The fourth-order valence-electron chi connectivity index (χ4n) is 1.56. The monoisotopic (exact) mass is 447 g/mol. The highest BCUT2D eigenvalue weighted by Gasteiger charge is 2.36. The number of rotatable bonds is 3. The van der Waals surface area contributed by atoms with Gasteiger partial charge in [0.15, 0.2) is 0 Å². The minimum Gasteiger partial charge on any atom is -0.289 e. The van der Waals surface area contributed by atoms with Gasteiger partial charge in [0.2, 0.25) is 9.14 Å². The van der Waals surface area contributed by atoms with Gasteiger partial charge in [-0.05, 0) is 59.9 Å². The molecule has 0 saturated heterocycles. The maximum Gasteiger partial charge on any atom is 0.267 e. The van der Waals surface area contributed by atoms with E-state index in [1.165, 1.54) is 10.8 Å². The second-order valence-electron chi connectivity index (χ2n) is 3.77. The number of halogens is 3. The van der Waals surface area contributed by atoms with Crippen molar-refractivity contribution in [3.05, 3.63) is 69.1 Å². The number of nitrogens with zero attached hydrogens (tertiary/aromatic N) is 1. The Bertz CT molecular complexity index is 665. The molecule has 6 heteroatoms. The number of carbonyl (C=O) groups excluding carboxylic acids is 1. The molecule has 2 rings (SSSR count). The number of pyridine rings is 1. The summed E-state index contributed by atoms with van der Waals surface area (Å²) in [7, 11) is 0. The van der Waals surface area contributed by atoms with Crippen molar-refractivity contribution in [1.82, 2.24) is 4.57 Å². The Balaban J connectivity index is 2.51. The quantitative estimate of drug-likeness (QED) is 0.526. The van der Waals surface area contributed by atoms with Crippen molar-refractivity contribution in [2.45, 2.75) is 3.36 Å². The molecule has 3 nitrogen and oxygen atoms in total. The maximum absolute atomic E-state index is 12.5. The molecule has 0 fully saturated rings. The van der Waals surface area contributed by atoms with E-state index < -0.39 is 3.36 Å². The van der Waals surface area contributed by atoms with Gasteiger partial charge in [-0.25, -0.2) is 0 Å².